The number of benzene rings is 2. The van der Waals surface area contributed by atoms with Crippen LogP contribution in [0.2, 0.25) is 0 Å². The Bertz CT molecular complexity index is 1180. The zero-order valence-electron chi connectivity index (χ0n) is 19.0. The Kier molecular flexibility index (Phi) is 6.95. The minimum Gasteiger partial charge on any atom is -0.342 e. The minimum atomic E-state index is -3.54. The Morgan fingerprint density at radius 1 is 1.12 bits per heavy atom. The van der Waals surface area contributed by atoms with E-state index in [1.807, 2.05) is 37.3 Å². The van der Waals surface area contributed by atoms with Gasteiger partial charge in [0.1, 0.15) is 5.82 Å². The van der Waals surface area contributed by atoms with Crippen LogP contribution >= 0.6 is 0 Å². The maximum absolute atomic E-state index is 12.9. The molecule has 3 aromatic rings. The number of H-pyrrole nitrogens is 1. The second-order valence-corrected chi connectivity index (χ2v) is 10.5. The topological polar surface area (TPSA) is 95.2 Å². The Hall–Kier alpha value is -2.97. The molecule has 1 aromatic heterocycles. The number of imidazole rings is 1. The molecule has 1 amide bonds. The molecular weight excluding hydrogens is 436 g/mol. The lowest BCUT2D eigenvalue weighted by Gasteiger charge is -2.29. The highest BCUT2D eigenvalue weighted by Gasteiger charge is 2.28. The first-order valence-corrected chi connectivity index (χ1v) is 12.8. The van der Waals surface area contributed by atoms with Gasteiger partial charge in [0.2, 0.25) is 10.0 Å². The SMILES string of the molecule is CCC(NC(=O)c1ccc(S(=O)(=O)N2CCC(C)CC2)cc1)c1ncc(-c2ccccc2)[nH]1. The number of amides is 1. The van der Waals surface area contributed by atoms with Gasteiger partial charge >= 0.3 is 0 Å². The number of carbonyl (C=O) groups is 1. The summed E-state index contributed by atoms with van der Waals surface area (Å²) in [7, 11) is -3.54. The first-order chi connectivity index (χ1) is 15.9. The minimum absolute atomic E-state index is 0.221. The van der Waals surface area contributed by atoms with Crippen molar-refractivity contribution in [1.29, 1.82) is 0 Å². The number of piperidine rings is 1. The number of rotatable bonds is 7. The second-order valence-electron chi connectivity index (χ2n) is 8.59. The van der Waals surface area contributed by atoms with Gasteiger partial charge in [0.15, 0.2) is 0 Å². The van der Waals surface area contributed by atoms with Crippen LogP contribution in [-0.2, 0) is 10.0 Å². The molecule has 1 unspecified atom stereocenters. The Morgan fingerprint density at radius 2 is 1.79 bits per heavy atom. The molecule has 0 spiro atoms. The molecular formula is C25H30N4O3S. The van der Waals surface area contributed by atoms with E-state index in [1.54, 1.807) is 18.3 Å². The van der Waals surface area contributed by atoms with Gasteiger partial charge < -0.3 is 10.3 Å². The van der Waals surface area contributed by atoms with E-state index in [4.69, 9.17) is 0 Å². The smallest absolute Gasteiger partial charge is 0.251 e. The van der Waals surface area contributed by atoms with Gasteiger partial charge in [-0.15, -0.1) is 0 Å². The van der Waals surface area contributed by atoms with E-state index < -0.39 is 10.0 Å². The zero-order valence-corrected chi connectivity index (χ0v) is 19.8. The first kappa shape index (κ1) is 23.2. The third-order valence-electron chi connectivity index (χ3n) is 6.22. The molecule has 1 atom stereocenters. The van der Waals surface area contributed by atoms with Crippen molar-refractivity contribution in [3.63, 3.8) is 0 Å². The molecule has 2 N–H and O–H groups in total. The average molecular weight is 467 g/mol. The van der Waals surface area contributed by atoms with Crippen molar-refractivity contribution in [2.45, 2.75) is 44.0 Å². The summed E-state index contributed by atoms with van der Waals surface area (Å²) in [6.45, 7) is 5.20. The summed E-state index contributed by atoms with van der Waals surface area (Å²) >= 11 is 0. The van der Waals surface area contributed by atoms with Crippen molar-refractivity contribution < 1.29 is 13.2 Å². The van der Waals surface area contributed by atoms with Crippen LogP contribution in [0.1, 0.15) is 55.3 Å². The summed E-state index contributed by atoms with van der Waals surface area (Å²) in [6.07, 6.45) is 4.17. The molecule has 1 aliphatic heterocycles. The van der Waals surface area contributed by atoms with Gasteiger partial charge in [0.05, 0.1) is 22.8 Å². The summed E-state index contributed by atoms with van der Waals surface area (Å²) in [5.74, 6) is 0.963. The van der Waals surface area contributed by atoms with Crippen LogP contribution in [0.3, 0.4) is 0 Å². The third-order valence-corrected chi connectivity index (χ3v) is 8.13. The molecule has 1 saturated heterocycles. The number of nitrogens with zero attached hydrogens (tertiary/aromatic N) is 2. The lowest BCUT2D eigenvalue weighted by atomic mass is 10.0. The van der Waals surface area contributed by atoms with Gasteiger partial charge in [-0.1, -0.05) is 44.2 Å². The van der Waals surface area contributed by atoms with Crippen molar-refractivity contribution in [2.75, 3.05) is 13.1 Å². The van der Waals surface area contributed by atoms with E-state index in [0.717, 1.165) is 24.1 Å². The van der Waals surface area contributed by atoms with Gasteiger partial charge in [-0.05, 0) is 55.0 Å². The van der Waals surface area contributed by atoms with Crippen LogP contribution in [0.25, 0.3) is 11.3 Å². The van der Waals surface area contributed by atoms with Crippen LogP contribution in [-0.4, -0.2) is 41.7 Å². The standard InChI is InChI=1S/C25H30N4O3S/c1-3-22(24-26-17-23(27-24)19-7-5-4-6-8-19)28-25(30)20-9-11-21(12-10-20)33(31,32)29-15-13-18(2)14-16-29/h4-12,17-18,22H,3,13-16H2,1-2H3,(H,26,27)(H,28,30). The third kappa shape index (κ3) is 5.17. The fraction of sp³-hybridized carbons (Fsp3) is 0.360. The predicted molar refractivity (Wildman–Crippen MR) is 128 cm³/mol. The predicted octanol–water partition coefficient (Wildman–Crippen LogP) is 4.38. The van der Waals surface area contributed by atoms with E-state index >= 15 is 0 Å². The molecule has 7 nitrogen and oxygen atoms in total. The number of aromatic nitrogens is 2. The van der Waals surface area contributed by atoms with Gasteiger partial charge in [0.25, 0.3) is 5.91 Å². The van der Waals surface area contributed by atoms with Crippen LogP contribution in [0.5, 0.6) is 0 Å². The molecule has 0 radical (unpaired) electrons. The molecule has 174 valence electrons. The summed E-state index contributed by atoms with van der Waals surface area (Å²) in [6, 6.07) is 15.8. The zero-order chi connectivity index (χ0) is 23.4. The lowest BCUT2D eigenvalue weighted by Crippen LogP contribution is -2.37. The molecule has 2 heterocycles. The summed E-state index contributed by atoms with van der Waals surface area (Å²) < 4.78 is 27.4. The Labute approximate surface area is 195 Å². The van der Waals surface area contributed by atoms with Crippen molar-refractivity contribution >= 4 is 15.9 Å². The molecule has 1 fully saturated rings. The molecule has 4 rings (SSSR count). The number of carbonyl (C=O) groups excluding carboxylic acids is 1. The normalized spacial score (nSPS) is 16.4. The van der Waals surface area contributed by atoms with Gasteiger partial charge in [-0.25, -0.2) is 13.4 Å². The highest BCUT2D eigenvalue weighted by atomic mass is 32.2. The van der Waals surface area contributed by atoms with E-state index in [2.05, 4.69) is 22.2 Å². The number of aromatic amines is 1. The number of hydrogen-bond donors (Lipinski definition) is 2. The largest absolute Gasteiger partial charge is 0.342 e. The van der Waals surface area contributed by atoms with Crippen molar-refractivity contribution in [3.8, 4) is 11.3 Å². The highest BCUT2D eigenvalue weighted by molar-refractivity contribution is 7.89. The first-order valence-electron chi connectivity index (χ1n) is 11.4. The van der Waals surface area contributed by atoms with Gasteiger partial charge in [-0.3, -0.25) is 4.79 Å². The van der Waals surface area contributed by atoms with Crippen LogP contribution in [0, 0.1) is 5.92 Å². The molecule has 1 aliphatic rings. The maximum atomic E-state index is 12.9. The molecule has 0 aliphatic carbocycles. The van der Waals surface area contributed by atoms with E-state index in [-0.39, 0.29) is 16.8 Å². The van der Waals surface area contributed by atoms with Crippen LogP contribution in [0.4, 0.5) is 0 Å². The highest BCUT2D eigenvalue weighted by Crippen LogP contribution is 2.24. The number of sulfonamides is 1. The summed E-state index contributed by atoms with van der Waals surface area (Å²) in [5, 5.41) is 3.00. The van der Waals surface area contributed by atoms with E-state index in [9.17, 15) is 13.2 Å². The van der Waals surface area contributed by atoms with E-state index in [0.29, 0.717) is 36.8 Å². The molecule has 0 saturated carbocycles. The second kappa shape index (κ2) is 9.89. The fourth-order valence-corrected chi connectivity index (χ4v) is 5.51. The van der Waals surface area contributed by atoms with Gasteiger partial charge in [0, 0.05) is 18.7 Å². The van der Waals surface area contributed by atoms with E-state index in [1.165, 1.54) is 16.4 Å². The Morgan fingerprint density at radius 3 is 2.42 bits per heavy atom. The maximum Gasteiger partial charge on any atom is 0.251 e. The fourth-order valence-electron chi connectivity index (χ4n) is 4.04. The Balaban J connectivity index is 1.44. The van der Waals surface area contributed by atoms with Crippen LogP contribution < -0.4 is 5.32 Å². The molecule has 8 heteroatoms. The van der Waals surface area contributed by atoms with Crippen molar-refractivity contribution in [3.05, 3.63) is 72.2 Å². The monoisotopic (exact) mass is 466 g/mol. The summed E-state index contributed by atoms with van der Waals surface area (Å²) in [5.41, 5.74) is 2.33. The summed E-state index contributed by atoms with van der Waals surface area (Å²) in [4.78, 5) is 20.8. The van der Waals surface area contributed by atoms with Crippen molar-refractivity contribution in [2.24, 2.45) is 5.92 Å². The van der Waals surface area contributed by atoms with Gasteiger partial charge in [-0.2, -0.15) is 4.31 Å². The average Bonchev–Trinajstić information content (AvgIpc) is 3.33. The van der Waals surface area contributed by atoms with Crippen molar-refractivity contribution in [1.82, 2.24) is 19.6 Å². The number of hydrogen-bond acceptors (Lipinski definition) is 4. The molecule has 0 bridgehead atoms. The van der Waals surface area contributed by atoms with Crippen LogP contribution in [0.15, 0.2) is 65.7 Å². The quantitative estimate of drug-likeness (QED) is 0.540. The number of nitrogens with one attached hydrogen (secondary N) is 2. The lowest BCUT2D eigenvalue weighted by molar-refractivity contribution is 0.0933. The molecule has 2 aromatic carbocycles. The molecule has 33 heavy (non-hydrogen) atoms.